The van der Waals surface area contributed by atoms with Gasteiger partial charge in [0.05, 0.1) is 32.9 Å². The average Bonchev–Trinajstić information content (AvgIpc) is 3.20. The molecular weight excluding hydrogens is 400 g/mol. The van der Waals surface area contributed by atoms with Crippen LogP contribution in [0.1, 0.15) is 23.2 Å². The zero-order valence-electron chi connectivity index (χ0n) is 17.6. The van der Waals surface area contributed by atoms with Crippen LogP contribution in [0.3, 0.4) is 0 Å². The van der Waals surface area contributed by atoms with Crippen molar-refractivity contribution in [2.75, 3.05) is 39.7 Å². The number of amides is 2. The van der Waals surface area contributed by atoms with Gasteiger partial charge in [0, 0.05) is 31.6 Å². The van der Waals surface area contributed by atoms with Crippen molar-refractivity contribution < 1.29 is 23.5 Å². The van der Waals surface area contributed by atoms with Crippen LogP contribution in [-0.2, 0) is 6.42 Å². The second-order valence-electron chi connectivity index (χ2n) is 7.16. The molecule has 0 aliphatic carbocycles. The van der Waals surface area contributed by atoms with E-state index in [2.05, 4.69) is 15.5 Å². The Morgan fingerprint density at radius 2 is 1.77 bits per heavy atom. The van der Waals surface area contributed by atoms with Gasteiger partial charge in [0.25, 0.3) is 0 Å². The van der Waals surface area contributed by atoms with Crippen molar-refractivity contribution in [1.29, 1.82) is 0 Å². The molecule has 0 unspecified atom stereocenters. The molecule has 9 heteroatoms. The van der Waals surface area contributed by atoms with E-state index in [1.165, 1.54) is 21.3 Å². The number of carbonyl (C=O) groups is 1. The molecule has 3 aromatic rings. The normalized spacial score (nSPS) is 13.5. The number of ether oxygens (including phenoxy) is 3. The van der Waals surface area contributed by atoms with Gasteiger partial charge in [-0.2, -0.15) is 4.98 Å². The van der Waals surface area contributed by atoms with Crippen molar-refractivity contribution in [3.8, 4) is 17.2 Å². The molecule has 1 aliphatic rings. The van der Waals surface area contributed by atoms with Crippen molar-refractivity contribution >= 4 is 11.7 Å². The minimum Gasteiger partial charge on any atom is -0.493 e. The monoisotopic (exact) mass is 424 g/mol. The number of aromatic nitrogens is 2. The van der Waals surface area contributed by atoms with Crippen molar-refractivity contribution in [2.24, 2.45) is 0 Å². The van der Waals surface area contributed by atoms with E-state index in [1.807, 2.05) is 30.3 Å². The Bertz CT molecular complexity index is 1020. The molecule has 0 atom stereocenters. The van der Waals surface area contributed by atoms with Crippen LogP contribution in [0.4, 0.5) is 10.5 Å². The third-order valence-electron chi connectivity index (χ3n) is 5.12. The first-order chi connectivity index (χ1) is 15.1. The Morgan fingerprint density at radius 3 is 2.39 bits per heavy atom. The molecule has 1 saturated heterocycles. The molecule has 31 heavy (non-hydrogen) atoms. The second kappa shape index (κ2) is 8.95. The Morgan fingerprint density at radius 1 is 1.10 bits per heavy atom. The van der Waals surface area contributed by atoms with E-state index in [4.69, 9.17) is 18.7 Å². The van der Waals surface area contributed by atoms with E-state index in [-0.39, 0.29) is 11.9 Å². The number of methoxy groups -OCH3 is 3. The number of urea groups is 1. The van der Waals surface area contributed by atoms with Crippen LogP contribution in [0.2, 0.25) is 0 Å². The molecule has 0 radical (unpaired) electrons. The summed E-state index contributed by atoms with van der Waals surface area (Å²) < 4.78 is 21.4. The minimum atomic E-state index is -0.227. The van der Waals surface area contributed by atoms with Crippen LogP contribution in [0, 0.1) is 0 Å². The summed E-state index contributed by atoms with van der Waals surface area (Å²) in [5.41, 5.74) is 1.67. The highest BCUT2D eigenvalue weighted by atomic mass is 16.5. The quantitative estimate of drug-likeness (QED) is 0.621. The van der Waals surface area contributed by atoms with Crippen molar-refractivity contribution in [3.63, 3.8) is 0 Å². The van der Waals surface area contributed by atoms with Crippen LogP contribution in [0.15, 0.2) is 47.0 Å². The Balaban J connectivity index is 1.35. The number of benzene rings is 2. The molecule has 4 rings (SSSR count). The predicted octanol–water partition coefficient (Wildman–Crippen LogP) is 3.32. The smallest absolute Gasteiger partial charge is 0.321 e. The van der Waals surface area contributed by atoms with Gasteiger partial charge in [-0.25, -0.2) is 4.79 Å². The summed E-state index contributed by atoms with van der Waals surface area (Å²) in [5, 5.41) is 6.92. The van der Waals surface area contributed by atoms with Gasteiger partial charge in [0.15, 0.2) is 17.3 Å². The highest BCUT2D eigenvalue weighted by Crippen LogP contribution is 2.40. The maximum absolute atomic E-state index is 12.6. The summed E-state index contributed by atoms with van der Waals surface area (Å²) in [6.45, 7) is 1.01. The first-order valence-electron chi connectivity index (χ1n) is 9.83. The fourth-order valence-electron chi connectivity index (χ4n) is 3.44. The lowest BCUT2D eigenvalue weighted by molar-refractivity contribution is 0.147. The van der Waals surface area contributed by atoms with E-state index in [9.17, 15) is 4.79 Å². The van der Waals surface area contributed by atoms with Gasteiger partial charge in [-0.15, -0.1) is 0 Å². The maximum Gasteiger partial charge on any atom is 0.321 e. The third kappa shape index (κ3) is 4.40. The maximum atomic E-state index is 12.6. The number of anilines is 1. The summed E-state index contributed by atoms with van der Waals surface area (Å²) in [7, 11) is 4.58. The van der Waals surface area contributed by atoms with Gasteiger partial charge in [0.2, 0.25) is 11.6 Å². The molecule has 0 spiro atoms. The van der Waals surface area contributed by atoms with Gasteiger partial charge in [-0.05, 0) is 5.56 Å². The topological polar surface area (TPSA) is 99.0 Å². The molecule has 1 aliphatic heterocycles. The highest BCUT2D eigenvalue weighted by molar-refractivity contribution is 5.91. The van der Waals surface area contributed by atoms with Gasteiger partial charge in [0.1, 0.15) is 0 Å². The fraction of sp³-hybridized carbons (Fsp3) is 0.318. The van der Waals surface area contributed by atoms with Gasteiger partial charge in [-0.3, -0.25) is 0 Å². The lowest BCUT2D eigenvalue weighted by Crippen LogP contribution is -2.50. The van der Waals surface area contributed by atoms with E-state index < -0.39 is 0 Å². The summed E-state index contributed by atoms with van der Waals surface area (Å²) >= 11 is 0. The number of nitrogens with one attached hydrogen (secondary N) is 1. The molecular formula is C22H24N4O5. The Labute approximate surface area is 179 Å². The van der Waals surface area contributed by atoms with Crippen molar-refractivity contribution in [3.05, 3.63) is 59.7 Å². The standard InChI is InChI=1S/C22H24N4O5/c1-28-17-10-16(11-18(29-2)20(17)30-3)23-22(27)26-12-15(13-26)21-24-19(25-31-21)9-14-7-5-4-6-8-14/h4-8,10-11,15H,9,12-13H2,1-3H3,(H,23,27). The van der Waals surface area contributed by atoms with Crippen LogP contribution >= 0.6 is 0 Å². The number of likely N-dealkylation sites (tertiary alicyclic amines) is 1. The van der Waals surface area contributed by atoms with Crippen LogP contribution < -0.4 is 19.5 Å². The number of hydrogen-bond donors (Lipinski definition) is 1. The first-order valence-corrected chi connectivity index (χ1v) is 9.83. The van der Waals surface area contributed by atoms with Gasteiger partial charge >= 0.3 is 6.03 Å². The molecule has 162 valence electrons. The first kappa shape index (κ1) is 20.5. The second-order valence-corrected chi connectivity index (χ2v) is 7.16. The van der Waals surface area contributed by atoms with E-state index >= 15 is 0 Å². The highest BCUT2D eigenvalue weighted by Gasteiger charge is 2.35. The lowest BCUT2D eigenvalue weighted by Gasteiger charge is -2.36. The zero-order chi connectivity index (χ0) is 21.8. The van der Waals surface area contributed by atoms with E-state index in [0.717, 1.165) is 5.56 Å². The molecule has 1 fully saturated rings. The van der Waals surface area contributed by atoms with Gasteiger partial charge < -0.3 is 29.0 Å². The van der Waals surface area contributed by atoms with Gasteiger partial charge in [-0.1, -0.05) is 35.5 Å². The molecule has 0 bridgehead atoms. The Kier molecular flexibility index (Phi) is 5.92. The summed E-state index contributed by atoms with van der Waals surface area (Å²) in [4.78, 5) is 18.8. The molecule has 2 amide bonds. The van der Waals surface area contributed by atoms with Crippen molar-refractivity contribution in [1.82, 2.24) is 15.0 Å². The molecule has 9 nitrogen and oxygen atoms in total. The fourth-order valence-corrected chi connectivity index (χ4v) is 3.44. The zero-order valence-corrected chi connectivity index (χ0v) is 17.6. The SMILES string of the molecule is COc1cc(NC(=O)N2CC(c3nc(Cc4ccccc4)no3)C2)cc(OC)c1OC. The largest absolute Gasteiger partial charge is 0.493 e. The average molecular weight is 424 g/mol. The Hall–Kier alpha value is -3.75. The van der Waals surface area contributed by atoms with Crippen LogP contribution in [0.25, 0.3) is 0 Å². The molecule has 1 aromatic heterocycles. The number of nitrogens with zero attached hydrogens (tertiary/aromatic N) is 3. The third-order valence-corrected chi connectivity index (χ3v) is 5.12. The lowest BCUT2D eigenvalue weighted by atomic mass is 10.0. The van der Waals surface area contributed by atoms with Crippen molar-refractivity contribution in [2.45, 2.75) is 12.3 Å². The van der Waals surface area contributed by atoms with Crippen LogP contribution in [-0.4, -0.2) is 55.5 Å². The summed E-state index contributed by atoms with van der Waals surface area (Å²) in [5.74, 6) is 2.63. The summed E-state index contributed by atoms with van der Waals surface area (Å²) in [6, 6.07) is 13.1. The minimum absolute atomic E-state index is 0.0303. The predicted molar refractivity (Wildman–Crippen MR) is 113 cm³/mol. The van der Waals surface area contributed by atoms with E-state index in [1.54, 1.807) is 17.0 Å². The summed E-state index contributed by atoms with van der Waals surface area (Å²) in [6.07, 6.45) is 0.613. The van der Waals surface area contributed by atoms with Crippen LogP contribution in [0.5, 0.6) is 17.2 Å². The molecule has 0 saturated carbocycles. The number of rotatable bonds is 7. The number of hydrogen-bond acceptors (Lipinski definition) is 7. The molecule has 2 aromatic carbocycles. The molecule has 1 N–H and O–H groups in total. The van der Waals surface area contributed by atoms with E-state index in [0.29, 0.717) is 54.2 Å². The molecule has 2 heterocycles. The number of carbonyl (C=O) groups excluding carboxylic acids is 1.